The largest absolute Gasteiger partial charge is 0.451 e. The van der Waals surface area contributed by atoms with E-state index in [2.05, 4.69) is 14.9 Å². The van der Waals surface area contributed by atoms with Gasteiger partial charge in [-0.2, -0.15) is 0 Å². The number of carbonyl (C=O) groups excluding carboxylic acids is 2. The molecule has 0 bridgehead atoms. The summed E-state index contributed by atoms with van der Waals surface area (Å²) in [5.41, 5.74) is 1.34. The van der Waals surface area contributed by atoms with Crippen LogP contribution in [-0.4, -0.2) is 39.9 Å². The zero-order valence-corrected chi connectivity index (χ0v) is 12.4. The van der Waals surface area contributed by atoms with Crippen molar-refractivity contribution >= 4 is 11.8 Å². The maximum atomic E-state index is 12.5. The van der Waals surface area contributed by atoms with E-state index < -0.39 is 0 Å². The number of nitrogens with one attached hydrogen (secondary N) is 1. The van der Waals surface area contributed by atoms with Gasteiger partial charge < -0.3 is 19.2 Å². The zero-order chi connectivity index (χ0) is 15.5. The van der Waals surface area contributed by atoms with Crippen molar-refractivity contribution in [1.29, 1.82) is 0 Å². The van der Waals surface area contributed by atoms with E-state index >= 15 is 0 Å². The number of rotatable bonds is 3. The molecule has 0 aliphatic carbocycles. The van der Waals surface area contributed by atoms with Crippen LogP contribution in [0.4, 0.5) is 0 Å². The molecule has 2 aromatic heterocycles. The van der Waals surface area contributed by atoms with Gasteiger partial charge in [-0.25, -0.2) is 4.98 Å². The van der Waals surface area contributed by atoms with Crippen LogP contribution in [0.1, 0.15) is 22.6 Å². The first kappa shape index (κ1) is 14.4. The lowest BCUT2D eigenvalue weighted by atomic mass is 10.0. The molecule has 0 saturated heterocycles. The molecule has 7 nitrogen and oxygen atoms in total. The van der Waals surface area contributed by atoms with Crippen LogP contribution in [0.3, 0.4) is 0 Å². The molecule has 1 N–H and O–H groups in total. The first-order chi connectivity index (χ1) is 10.7. The van der Waals surface area contributed by atoms with Crippen LogP contribution in [0.15, 0.2) is 35.4 Å². The predicted molar refractivity (Wildman–Crippen MR) is 77.8 cm³/mol. The summed E-state index contributed by atoms with van der Waals surface area (Å²) in [4.78, 5) is 29.9. The highest BCUT2D eigenvalue weighted by atomic mass is 16.3. The Morgan fingerprint density at radius 1 is 1.45 bits per heavy atom. The van der Waals surface area contributed by atoms with E-state index in [1.165, 1.54) is 12.7 Å². The summed E-state index contributed by atoms with van der Waals surface area (Å²) in [7, 11) is 1.62. The molecule has 3 heterocycles. The standard InChI is InChI=1S/C15H18N4O3/c1-16-14(20)5-11-6-18-4-2-3-12(18)8-19(7-11)15(21)13-9-22-10-17-13/h2-4,9-11H,5-8H2,1H3,(H,16,20)/t11-/m0/s1. The summed E-state index contributed by atoms with van der Waals surface area (Å²) in [5, 5.41) is 2.64. The van der Waals surface area contributed by atoms with Gasteiger partial charge in [-0.1, -0.05) is 0 Å². The number of hydrogen-bond donors (Lipinski definition) is 1. The van der Waals surface area contributed by atoms with Crippen molar-refractivity contribution in [2.75, 3.05) is 13.6 Å². The molecule has 0 unspecified atom stereocenters. The highest BCUT2D eigenvalue weighted by Crippen LogP contribution is 2.21. The second-order valence-corrected chi connectivity index (χ2v) is 5.45. The van der Waals surface area contributed by atoms with Crippen LogP contribution in [0.5, 0.6) is 0 Å². The molecule has 0 saturated carbocycles. The molecular formula is C15H18N4O3. The molecule has 3 rings (SSSR count). The first-order valence-corrected chi connectivity index (χ1v) is 7.19. The van der Waals surface area contributed by atoms with Gasteiger partial charge in [0.1, 0.15) is 6.26 Å². The van der Waals surface area contributed by atoms with Gasteiger partial charge in [-0.15, -0.1) is 0 Å². The Morgan fingerprint density at radius 3 is 3.05 bits per heavy atom. The lowest BCUT2D eigenvalue weighted by Crippen LogP contribution is -2.35. The summed E-state index contributed by atoms with van der Waals surface area (Å²) in [6.45, 7) is 1.74. The molecule has 0 spiro atoms. The summed E-state index contributed by atoms with van der Waals surface area (Å²) in [6, 6.07) is 3.95. The summed E-state index contributed by atoms with van der Waals surface area (Å²) >= 11 is 0. The molecule has 1 aliphatic heterocycles. The third-order valence-corrected chi connectivity index (χ3v) is 3.90. The number of fused-ring (bicyclic) bond motifs is 1. The highest BCUT2D eigenvalue weighted by molar-refractivity contribution is 5.91. The Balaban J connectivity index is 1.83. The van der Waals surface area contributed by atoms with Crippen molar-refractivity contribution in [2.45, 2.75) is 19.5 Å². The van der Waals surface area contributed by atoms with E-state index in [9.17, 15) is 9.59 Å². The second-order valence-electron chi connectivity index (χ2n) is 5.45. The Labute approximate surface area is 127 Å². The van der Waals surface area contributed by atoms with E-state index in [1.807, 2.05) is 18.3 Å². The Bertz CT molecular complexity index is 662. The van der Waals surface area contributed by atoms with Gasteiger partial charge in [0.2, 0.25) is 5.91 Å². The number of nitrogens with zero attached hydrogens (tertiary/aromatic N) is 3. The number of amides is 2. The Morgan fingerprint density at radius 2 is 2.32 bits per heavy atom. The van der Waals surface area contributed by atoms with Gasteiger partial charge in [-0.05, 0) is 12.1 Å². The van der Waals surface area contributed by atoms with Crippen molar-refractivity contribution in [2.24, 2.45) is 5.92 Å². The van der Waals surface area contributed by atoms with E-state index in [-0.39, 0.29) is 17.7 Å². The van der Waals surface area contributed by atoms with E-state index in [0.29, 0.717) is 25.2 Å². The highest BCUT2D eigenvalue weighted by Gasteiger charge is 2.27. The van der Waals surface area contributed by atoms with Crippen LogP contribution in [-0.2, 0) is 17.9 Å². The summed E-state index contributed by atoms with van der Waals surface area (Å²) in [5.74, 6) is -0.135. The normalized spacial score (nSPS) is 17.7. The quantitative estimate of drug-likeness (QED) is 0.913. The van der Waals surface area contributed by atoms with Crippen LogP contribution in [0, 0.1) is 5.92 Å². The third-order valence-electron chi connectivity index (χ3n) is 3.90. The lowest BCUT2D eigenvalue weighted by molar-refractivity contribution is -0.121. The number of oxazole rings is 1. The first-order valence-electron chi connectivity index (χ1n) is 7.19. The second kappa shape index (κ2) is 6.05. The summed E-state index contributed by atoms with van der Waals surface area (Å²) in [6.07, 6.45) is 4.96. The van der Waals surface area contributed by atoms with Gasteiger partial charge in [-0.3, -0.25) is 9.59 Å². The topological polar surface area (TPSA) is 80.4 Å². The smallest absolute Gasteiger partial charge is 0.276 e. The minimum Gasteiger partial charge on any atom is -0.451 e. The van der Waals surface area contributed by atoms with Crippen molar-refractivity contribution < 1.29 is 14.0 Å². The maximum Gasteiger partial charge on any atom is 0.276 e. The fourth-order valence-corrected chi connectivity index (χ4v) is 2.81. The third kappa shape index (κ3) is 2.88. The molecule has 116 valence electrons. The fraction of sp³-hybridized carbons (Fsp3) is 0.400. The average Bonchev–Trinajstić information content (AvgIpc) is 3.15. The zero-order valence-electron chi connectivity index (χ0n) is 12.4. The molecule has 0 aromatic carbocycles. The van der Waals surface area contributed by atoms with Gasteiger partial charge in [0.25, 0.3) is 5.91 Å². The number of hydrogen-bond acceptors (Lipinski definition) is 4. The van der Waals surface area contributed by atoms with Crippen LogP contribution >= 0.6 is 0 Å². The van der Waals surface area contributed by atoms with Crippen LogP contribution in [0.25, 0.3) is 0 Å². The monoisotopic (exact) mass is 302 g/mol. The minimum absolute atomic E-state index is 0.0190. The van der Waals surface area contributed by atoms with Gasteiger partial charge in [0, 0.05) is 44.4 Å². The lowest BCUT2D eigenvalue weighted by Gasteiger charge is -2.23. The molecule has 2 amide bonds. The van der Waals surface area contributed by atoms with Crippen molar-refractivity contribution in [1.82, 2.24) is 19.8 Å². The molecule has 1 aliphatic rings. The molecule has 22 heavy (non-hydrogen) atoms. The molecule has 1 atom stereocenters. The number of aromatic nitrogens is 2. The molecule has 2 aromatic rings. The predicted octanol–water partition coefficient (Wildman–Crippen LogP) is 0.884. The molecule has 0 fully saturated rings. The van der Waals surface area contributed by atoms with E-state index in [0.717, 1.165) is 12.2 Å². The van der Waals surface area contributed by atoms with Crippen molar-refractivity contribution in [3.63, 3.8) is 0 Å². The van der Waals surface area contributed by atoms with Gasteiger partial charge >= 0.3 is 0 Å². The van der Waals surface area contributed by atoms with Gasteiger partial charge in [0.15, 0.2) is 12.1 Å². The van der Waals surface area contributed by atoms with Crippen molar-refractivity contribution in [3.8, 4) is 0 Å². The SMILES string of the molecule is CNC(=O)C[C@@H]1CN(C(=O)c2cocn2)Cc2cccn2C1. The van der Waals surface area contributed by atoms with Gasteiger partial charge in [0.05, 0.1) is 6.54 Å². The van der Waals surface area contributed by atoms with E-state index in [1.54, 1.807) is 11.9 Å². The van der Waals surface area contributed by atoms with Crippen LogP contribution < -0.4 is 5.32 Å². The Hall–Kier alpha value is -2.57. The fourth-order valence-electron chi connectivity index (χ4n) is 2.81. The van der Waals surface area contributed by atoms with Crippen LogP contribution in [0.2, 0.25) is 0 Å². The Kier molecular flexibility index (Phi) is 3.95. The average molecular weight is 302 g/mol. The number of carbonyl (C=O) groups is 2. The minimum atomic E-state index is -0.176. The van der Waals surface area contributed by atoms with E-state index in [4.69, 9.17) is 4.42 Å². The molecule has 7 heteroatoms. The van der Waals surface area contributed by atoms with Crippen molar-refractivity contribution in [3.05, 3.63) is 42.4 Å². The summed E-state index contributed by atoms with van der Waals surface area (Å²) < 4.78 is 6.99. The molecular weight excluding hydrogens is 284 g/mol. The maximum absolute atomic E-state index is 12.5. The molecule has 0 radical (unpaired) electrons.